The van der Waals surface area contributed by atoms with Crippen LogP contribution in [-0.2, 0) is 23.0 Å². The molecule has 0 spiro atoms. The minimum Gasteiger partial charge on any atom is -0.432 e. The maximum absolute atomic E-state index is 13.4. The fourth-order valence-corrected chi connectivity index (χ4v) is 4.78. The van der Waals surface area contributed by atoms with E-state index in [1.165, 1.54) is 24.1 Å². The summed E-state index contributed by atoms with van der Waals surface area (Å²) in [5.41, 5.74) is 5.26. The summed E-state index contributed by atoms with van der Waals surface area (Å²) in [4.78, 5) is 38.6. The van der Waals surface area contributed by atoms with Crippen LogP contribution in [0.15, 0.2) is 24.4 Å². The number of nitrogens with one attached hydrogen (secondary N) is 1. The number of benzene rings is 1. The SMILES string of the molecule is CN(C(=O)OC1(C(N)=O)CC(F)(F)C1)C1CCc2c1cn(C)c2C(=O)Nc1ccc(F)c(Cl)c1. The van der Waals surface area contributed by atoms with Gasteiger partial charge in [-0.2, -0.15) is 0 Å². The van der Waals surface area contributed by atoms with E-state index in [2.05, 4.69) is 5.32 Å². The predicted octanol–water partition coefficient (Wildman–Crippen LogP) is 3.78. The Balaban J connectivity index is 1.51. The lowest BCUT2D eigenvalue weighted by atomic mass is 9.76. The Morgan fingerprint density at radius 2 is 1.97 bits per heavy atom. The van der Waals surface area contributed by atoms with Crippen LogP contribution in [0.4, 0.5) is 23.7 Å². The number of carbonyl (C=O) groups excluding carboxylic acids is 3. The largest absolute Gasteiger partial charge is 0.432 e. The standard InChI is InChI=1S/C22H22ClF3N4O4/c1-29-8-13-12(17(29)18(31)28-11-3-5-15(24)14(23)7-11)4-6-16(13)30(2)20(33)34-21(19(27)32)9-22(25,26)10-21/h3,5,7-8,16H,4,6,9-10H2,1-2H3,(H2,27,32)(H,28,31). The quantitative estimate of drug-likeness (QED) is 0.654. The number of anilines is 1. The highest BCUT2D eigenvalue weighted by atomic mass is 35.5. The summed E-state index contributed by atoms with van der Waals surface area (Å²) in [7, 11) is 3.10. The highest BCUT2D eigenvalue weighted by Crippen LogP contribution is 2.48. The second kappa shape index (κ2) is 8.23. The van der Waals surface area contributed by atoms with Crippen molar-refractivity contribution in [3.63, 3.8) is 0 Å². The molecule has 2 aliphatic carbocycles. The Kier molecular flexibility index (Phi) is 5.79. The number of halogens is 4. The molecule has 182 valence electrons. The molecule has 8 nitrogen and oxygen atoms in total. The highest BCUT2D eigenvalue weighted by molar-refractivity contribution is 6.31. The molecule has 0 aliphatic heterocycles. The number of aromatic nitrogens is 1. The van der Waals surface area contributed by atoms with Gasteiger partial charge in [-0.25, -0.2) is 18.0 Å². The van der Waals surface area contributed by atoms with Crippen LogP contribution in [0.5, 0.6) is 0 Å². The van der Waals surface area contributed by atoms with Gasteiger partial charge >= 0.3 is 6.09 Å². The van der Waals surface area contributed by atoms with Gasteiger partial charge in [0, 0.05) is 26.0 Å². The van der Waals surface area contributed by atoms with Crippen LogP contribution >= 0.6 is 11.6 Å². The van der Waals surface area contributed by atoms with Crippen molar-refractivity contribution in [2.45, 2.75) is 43.2 Å². The lowest BCUT2D eigenvalue weighted by Gasteiger charge is -2.44. The zero-order chi connectivity index (χ0) is 25.0. The number of amides is 3. The number of carbonyl (C=O) groups is 3. The third-order valence-electron chi connectivity index (χ3n) is 6.31. The summed E-state index contributed by atoms with van der Waals surface area (Å²) >= 11 is 5.78. The number of ether oxygens (including phenoxy) is 1. The van der Waals surface area contributed by atoms with E-state index >= 15 is 0 Å². The summed E-state index contributed by atoms with van der Waals surface area (Å²) in [5, 5.41) is 2.55. The molecule has 1 aromatic heterocycles. The molecule has 3 N–H and O–H groups in total. The Labute approximate surface area is 197 Å². The highest BCUT2D eigenvalue weighted by Gasteiger charge is 2.63. The van der Waals surface area contributed by atoms with Crippen molar-refractivity contribution in [3.05, 3.63) is 52.1 Å². The first kappa shape index (κ1) is 23.9. The van der Waals surface area contributed by atoms with Crippen LogP contribution in [0.25, 0.3) is 0 Å². The summed E-state index contributed by atoms with van der Waals surface area (Å²) in [5.74, 6) is -5.29. The van der Waals surface area contributed by atoms with Crippen molar-refractivity contribution in [3.8, 4) is 0 Å². The van der Waals surface area contributed by atoms with Gasteiger partial charge in [0.2, 0.25) is 5.60 Å². The van der Waals surface area contributed by atoms with E-state index in [0.717, 1.165) is 6.07 Å². The van der Waals surface area contributed by atoms with Crippen molar-refractivity contribution in [2.24, 2.45) is 12.8 Å². The maximum atomic E-state index is 13.4. The number of nitrogens with zero attached hydrogens (tertiary/aromatic N) is 2. The molecule has 1 saturated carbocycles. The molecule has 1 heterocycles. The van der Waals surface area contributed by atoms with E-state index in [4.69, 9.17) is 22.1 Å². The van der Waals surface area contributed by atoms with Crippen LogP contribution in [0.2, 0.25) is 5.02 Å². The third kappa shape index (κ3) is 4.08. The van der Waals surface area contributed by atoms with Crippen molar-refractivity contribution in [1.29, 1.82) is 0 Å². The molecule has 34 heavy (non-hydrogen) atoms. The zero-order valence-electron chi connectivity index (χ0n) is 18.3. The minimum atomic E-state index is -3.12. The van der Waals surface area contributed by atoms with Gasteiger partial charge in [0.05, 0.1) is 23.9 Å². The minimum absolute atomic E-state index is 0.131. The Hall–Kier alpha value is -3.21. The lowest BCUT2D eigenvalue weighted by molar-refractivity contribution is -0.207. The number of fused-ring (bicyclic) bond motifs is 1. The fraction of sp³-hybridized carbons (Fsp3) is 0.409. The summed E-state index contributed by atoms with van der Waals surface area (Å²) < 4.78 is 46.9. The first-order valence-electron chi connectivity index (χ1n) is 10.4. The molecule has 2 aliphatic rings. The van der Waals surface area contributed by atoms with Gasteiger partial charge in [0.25, 0.3) is 17.7 Å². The fourth-order valence-electron chi connectivity index (χ4n) is 4.60. The first-order chi connectivity index (χ1) is 15.8. The topological polar surface area (TPSA) is 107 Å². The van der Waals surface area contributed by atoms with Crippen LogP contribution in [0.1, 0.15) is 46.9 Å². The van der Waals surface area contributed by atoms with Crippen LogP contribution in [0, 0.1) is 5.82 Å². The molecular weight excluding hydrogens is 477 g/mol. The van der Waals surface area contributed by atoms with E-state index in [9.17, 15) is 27.6 Å². The van der Waals surface area contributed by atoms with E-state index in [-0.39, 0.29) is 5.02 Å². The number of aryl methyl sites for hydroxylation is 1. The van der Waals surface area contributed by atoms with E-state index in [0.29, 0.717) is 35.3 Å². The molecule has 2 aromatic rings. The van der Waals surface area contributed by atoms with Crippen molar-refractivity contribution >= 4 is 35.2 Å². The second-order valence-electron chi connectivity index (χ2n) is 8.71. The molecule has 1 aromatic carbocycles. The van der Waals surface area contributed by atoms with Crippen LogP contribution in [0.3, 0.4) is 0 Å². The smallest absolute Gasteiger partial charge is 0.411 e. The third-order valence-corrected chi connectivity index (χ3v) is 6.60. The van der Waals surface area contributed by atoms with Crippen LogP contribution < -0.4 is 11.1 Å². The molecule has 0 saturated heterocycles. The van der Waals surface area contributed by atoms with Crippen LogP contribution in [-0.4, -0.2) is 45.9 Å². The monoisotopic (exact) mass is 498 g/mol. The summed E-state index contributed by atoms with van der Waals surface area (Å²) in [6.45, 7) is 0. The molecule has 12 heteroatoms. The number of primary amides is 1. The van der Waals surface area contributed by atoms with Crippen molar-refractivity contribution in [1.82, 2.24) is 9.47 Å². The number of nitrogens with two attached hydrogens (primary N) is 1. The van der Waals surface area contributed by atoms with E-state index < -0.39 is 54.1 Å². The molecule has 4 rings (SSSR count). The number of hydrogen-bond donors (Lipinski definition) is 2. The summed E-state index contributed by atoms with van der Waals surface area (Å²) in [6, 6.07) is 3.32. The van der Waals surface area contributed by atoms with E-state index in [1.54, 1.807) is 17.8 Å². The molecular formula is C22H22ClF3N4O4. The van der Waals surface area contributed by atoms with Gasteiger partial charge in [0.15, 0.2) is 0 Å². The van der Waals surface area contributed by atoms with Gasteiger partial charge in [-0.1, -0.05) is 11.6 Å². The van der Waals surface area contributed by atoms with Crippen molar-refractivity contribution < 1.29 is 32.3 Å². The van der Waals surface area contributed by atoms with E-state index in [1.807, 2.05) is 0 Å². The average molecular weight is 499 g/mol. The van der Waals surface area contributed by atoms with Gasteiger partial charge < -0.3 is 25.3 Å². The molecule has 1 unspecified atom stereocenters. The number of rotatable bonds is 5. The Morgan fingerprint density at radius 1 is 1.29 bits per heavy atom. The number of hydrogen-bond acceptors (Lipinski definition) is 4. The molecule has 1 fully saturated rings. The Bertz CT molecular complexity index is 1190. The normalized spacial score (nSPS) is 19.6. The Morgan fingerprint density at radius 3 is 2.56 bits per heavy atom. The number of alkyl halides is 2. The van der Waals surface area contributed by atoms with Gasteiger partial charge in [0.1, 0.15) is 11.5 Å². The lowest BCUT2D eigenvalue weighted by Crippen LogP contribution is -2.62. The average Bonchev–Trinajstić information content (AvgIpc) is 3.25. The van der Waals surface area contributed by atoms with Gasteiger partial charge in [-0.05, 0) is 42.2 Å². The van der Waals surface area contributed by atoms with Gasteiger partial charge in [-0.15, -0.1) is 0 Å². The second-order valence-corrected chi connectivity index (χ2v) is 9.11. The zero-order valence-corrected chi connectivity index (χ0v) is 19.1. The molecule has 0 bridgehead atoms. The molecule has 1 atom stereocenters. The maximum Gasteiger partial charge on any atom is 0.411 e. The van der Waals surface area contributed by atoms with Gasteiger partial charge in [-0.3, -0.25) is 9.59 Å². The molecule has 3 amide bonds. The summed E-state index contributed by atoms with van der Waals surface area (Å²) in [6.07, 6.45) is -0.237. The van der Waals surface area contributed by atoms with Crippen molar-refractivity contribution in [2.75, 3.05) is 12.4 Å². The molecule has 0 radical (unpaired) electrons. The first-order valence-corrected chi connectivity index (χ1v) is 10.8. The predicted molar refractivity (Wildman–Crippen MR) is 116 cm³/mol.